The third kappa shape index (κ3) is 4.78. The second kappa shape index (κ2) is 9.94. The van der Waals surface area contributed by atoms with E-state index in [0.717, 1.165) is 31.5 Å². The summed E-state index contributed by atoms with van der Waals surface area (Å²) in [6.07, 6.45) is 1.35. The van der Waals surface area contributed by atoms with Gasteiger partial charge < -0.3 is 10.6 Å². The van der Waals surface area contributed by atoms with Gasteiger partial charge in [-0.1, -0.05) is 60.2 Å². The standard InChI is InChI=1S/C27H32N4O2S/c1-17-7-6-10-21(15-17)22-16-34-24-23(22)29-27(30-26(24)33)31-13-11-20(12-14-31)25(32)28-18(2)19-8-4-3-5-9-19/h3-10,15-16,18,20,23-24,27,29H,11-14H2,1-2H3,(H,28,32)(H,30,33). The third-order valence-corrected chi connectivity index (χ3v) is 8.30. The first-order chi connectivity index (χ1) is 16.5. The highest BCUT2D eigenvalue weighted by Gasteiger charge is 2.44. The van der Waals surface area contributed by atoms with Crippen molar-refractivity contribution < 1.29 is 9.59 Å². The molecule has 3 aliphatic heterocycles. The summed E-state index contributed by atoms with van der Waals surface area (Å²) in [5, 5.41) is 12.0. The summed E-state index contributed by atoms with van der Waals surface area (Å²) in [6, 6.07) is 18.5. The summed E-state index contributed by atoms with van der Waals surface area (Å²) in [7, 11) is 0. The van der Waals surface area contributed by atoms with E-state index < -0.39 is 0 Å². The molecule has 0 aromatic heterocycles. The fourth-order valence-corrected chi connectivity index (χ4v) is 6.28. The van der Waals surface area contributed by atoms with Crippen LogP contribution in [0.1, 0.15) is 42.5 Å². The normalized spacial score (nSPS) is 26.4. The Bertz CT molecular complexity index is 1080. The molecule has 2 amide bonds. The Morgan fingerprint density at radius 1 is 1.12 bits per heavy atom. The fourth-order valence-electron chi connectivity index (χ4n) is 5.13. The molecular weight excluding hydrogens is 444 g/mol. The molecule has 3 heterocycles. The molecule has 3 aliphatic rings. The zero-order chi connectivity index (χ0) is 23.7. The lowest BCUT2D eigenvalue weighted by Gasteiger charge is -2.43. The number of piperidine rings is 1. The zero-order valence-electron chi connectivity index (χ0n) is 19.7. The van der Waals surface area contributed by atoms with E-state index in [2.05, 4.69) is 57.4 Å². The number of rotatable bonds is 5. The summed E-state index contributed by atoms with van der Waals surface area (Å²) in [4.78, 5) is 28.0. The SMILES string of the molecule is Cc1cccc(C2=CSC3C(=O)NC(N4CCC(C(=O)NC(C)c5ccccc5)CC4)NC23)c1. The number of fused-ring (bicyclic) bond motifs is 1. The highest BCUT2D eigenvalue weighted by Crippen LogP contribution is 2.39. The van der Waals surface area contributed by atoms with Crippen molar-refractivity contribution in [3.63, 3.8) is 0 Å². The molecule has 0 radical (unpaired) electrons. The molecule has 0 saturated carbocycles. The van der Waals surface area contributed by atoms with Gasteiger partial charge in [-0.3, -0.25) is 19.8 Å². The predicted molar refractivity (Wildman–Crippen MR) is 137 cm³/mol. The first-order valence-electron chi connectivity index (χ1n) is 12.1. The largest absolute Gasteiger partial charge is 0.349 e. The van der Waals surface area contributed by atoms with Crippen molar-refractivity contribution in [2.75, 3.05) is 13.1 Å². The van der Waals surface area contributed by atoms with Crippen LogP contribution in [0.4, 0.5) is 0 Å². The van der Waals surface area contributed by atoms with Gasteiger partial charge in [0.2, 0.25) is 11.8 Å². The van der Waals surface area contributed by atoms with Crippen LogP contribution >= 0.6 is 11.8 Å². The molecule has 4 unspecified atom stereocenters. The molecule has 2 aromatic rings. The maximum atomic E-state index is 12.9. The molecule has 2 aromatic carbocycles. The molecule has 2 fully saturated rings. The monoisotopic (exact) mass is 476 g/mol. The summed E-state index contributed by atoms with van der Waals surface area (Å²) in [5.41, 5.74) is 4.68. The Hall–Kier alpha value is -2.61. The van der Waals surface area contributed by atoms with E-state index in [4.69, 9.17) is 0 Å². The lowest BCUT2D eigenvalue weighted by atomic mass is 9.93. The molecule has 2 saturated heterocycles. The van der Waals surface area contributed by atoms with Gasteiger partial charge in [-0.15, -0.1) is 11.8 Å². The number of carbonyl (C=O) groups excluding carboxylic acids is 2. The molecule has 0 bridgehead atoms. The topological polar surface area (TPSA) is 73.5 Å². The Morgan fingerprint density at radius 3 is 2.62 bits per heavy atom. The molecule has 3 N–H and O–H groups in total. The van der Waals surface area contributed by atoms with Gasteiger partial charge in [0.1, 0.15) is 11.5 Å². The van der Waals surface area contributed by atoms with Gasteiger partial charge in [-0.25, -0.2) is 0 Å². The van der Waals surface area contributed by atoms with E-state index >= 15 is 0 Å². The van der Waals surface area contributed by atoms with Crippen LogP contribution in [0.25, 0.3) is 5.57 Å². The molecule has 178 valence electrons. The van der Waals surface area contributed by atoms with Crippen molar-refractivity contribution in [1.82, 2.24) is 20.9 Å². The Balaban J connectivity index is 1.19. The number of nitrogens with zero attached hydrogens (tertiary/aromatic N) is 1. The molecule has 7 heteroatoms. The maximum Gasteiger partial charge on any atom is 0.237 e. The molecule has 0 spiro atoms. The molecular formula is C27H32N4O2S. The minimum Gasteiger partial charge on any atom is -0.349 e. The van der Waals surface area contributed by atoms with Crippen LogP contribution in [0, 0.1) is 12.8 Å². The first kappa shape index (κ1) is 23.1. The van der Waals surface area contributed by atoms with E-state index in [0.29, 0.717) is 0 Å². The number of carbonyl (C=O) groups is 2. The minimum absolute atomic E-state index is 0.000704. The smallest absolute Gasteiger partial charge is 0.237 e. The van der Waals surface area contributed by atoms with Gasteiger partial charge in [0.25, 0.3) is 0 Å². The van der Waals surface area contributed by atoms with Gasteiger partial charge in [-0.2, -0.15) is 0 Å². The van der Waals surface area contributed by atoms with Gasteiger partial charge >= 0.3 is 0 Å². The summed E-state index contributed by atoms with van der Waals surface area (Å²) < 4.78 is 0. The van der Waals surface area contributed by atoms with E-state index in [1.54, 1.807) is 11.8 Å². The summed E-state index contributed by atoms with van der Waals surface area (Å²) in [5.74, 6) is 0.196. The van der Waals surface area contributed by atoms with Crippen LogP contribution in [0.3, 0.4) is 0 Å². The van der Waals surface area contributed by atoms with E-state index in [1.165, 1.54) is 16.7 Å². The van der Waals surface area contributed by atoms with Crippen molar-refractivity contribution >= 4 is 29.1 Å². The average Bonchev–Trinajstić information content (AvgIpc) is 3.29. The number of hydrogen-bond donors (Lipinski definition) is 3. The number of nitrogens with one attached hydrogen (secondary N) is 3. The van der Waals surface area contributed by atoms with Crippen LogP contribution in [0.15, 0.2) is 60.0 Å². The Morgan fingerprint density at radius 2 is 1.88 bits per heavy atom. The van der Waals surface area contributed by atoms with Gasteiger partial charge in [-0.05, 0) is 48.8 Å². The quantitative estimate of drug-likeness (QED) is 0.617. The van der Waals surface area contributed by atoms with Crippen molar-refractivity contribution in [3.05, 3.63) is 76.7 Å². The molecule has 6 nitrogen and oxygen atoms in total. The molecule has 34 heavy (non-hydrogen) atoms. The van der Waals surface area contributed by atoms with Crippen molar-refractivity contribution in [3.8, 4) is 0 Å². The zero-order valence-corrected chi connectivity index (χ0v) is 20.5. The van der Waals surface area contributed by atoms with Crippen LogP contribution in [0.5, 0.6) is 0 Å². The number of likely N-dealkylation sites (tertiary alicyclic amines) is 1. The van der Waals surface area contributed by atoms with Crippen molar-refractivity contribution in [1.29, 1.82) is 0 Å². The summed E-state index contributed by atoms with van der Waals surface area (Å²) >= 11 is 1.59. The maximum absolute atomic E-state index is 12.9. The number of hydrogen-bond acceptors (Lipinski definition) is 5. The lowest BCUT2D eigenvalue weighted by Crippen LogP contribution is -2.68. The van der Waals surface area contributed by atoms with Crippen LogP contribution in [-0.2, 0) is 9.59 Å². The Kier molecular flexibility index (Phi) is 6.77. The van der Waals surface area contributed by atoms with Crippen molar-refractivity contribution in [2.24, 2.45) is 5.92 Å². The number of benzene rings is 2. The van der Waals surface area contributed by atoms with Gasteiger partial charge in [0.05, 0.1) is 12.1 Å². The number of amides is 2. The Labute approximate surface area is 205 Å². The van der Waals surface area contributed by atoms with E-state index in [1.807, 2.05) is 37.3 Å². The second-order valence-corrected chi connectivity index (χ2v) is 10.5. The highest BCUT2D eigenvalue weighted by atomic mass is 32.2. The lowest BCUT2D eigenvalue weighted by molar-refractivity contribution is -0.130. The first-order valence-corrected chi connectivity index (χ1v) is 13.0. The average molecular weight is 477 g/mol. The third-order valence-electron chi connectivity index (χ3n) is 7.13. The molecule has 4 atom stereocenters. The van der Waals surface area contributed by atoms with E-state index in [9.17, 15) is 9.59 Å². The highest BCUT2D eigenvalue weighted by molar-refractivity contribution is 8.04. The van der Waals surface area contributed by atoms with Crippen LogP contribution < -0.4 is 16.0 Å². The van der Waals surface area contributed by atoms with Crippen molar-refractivity contribution in [2.45, 2.75) is 50.3 Å². The number of thioether (sulfide) groups is 1. The molecule has 0 aliphatic carbocycles. The predicted octanol–water partition coefficient (Wildman–Crippen LogP) is 3.41. The van der Waals surface area contributed by atoms with E-state index in [-0.39, 0.29) is 41.4 Å². The fraction of sp³-hybridized carbons (Fsp3) is 0.407. The van der Waals surface area contributed by atoms with Gasteiger partial charge in [0, 0.05) is 19.0 Å². The van der Waals surface area contributed by atoms with Crippen LogP contribution in [-0.4, -0.2) is 47.4 Å². The minimum atomic E-state index is -0.215. The van der Waals surface area contributed by atoms with Crippen LogP contribution in [0.2, 0.25) is 0 Å². The van der Waals surface area contributed by atoms with Gasteiger partial charge in [0.15, 0.2) is 0 Å². The second-order valence-electron chi connectivity index (χ2n) is 9.51. The molecule has 5 rings (SSSR count). The summed E-state index contributed by atoms with van der Waals surface area (Å²) in [6.45, 7) is 5.65. The number of aryl methyl sites for hydroxylation is 1.